The maximum atomic E-state index is 13.3. The van der Waals surface area contributed by atoms with Gasteiger partial charge in [-0.25, -0.2) is 13.4 Å². The van der Waals surface area contributed by atoms with Gasteiger partial charge in [-0.3, -0.25) is 14.5 Å². The van der Waals surface area contributed by atoms with Crippen molar-refractivity contribution in [2.24, 2.45) is 5.92 Å². The highest BCUT2D eigenvalue weighted by Gasteiger charge is 2.32. The number of anilines is 1. The molecule has 1 aliphatic rings. The molecule has 0 aliphatic carbocycles. The van der Waals surface area contributed by atoms with Gasteiger partial charge in [0, 0.05) is 43.3 Å². The second-order valence-corrected chi connectivity index (χ2v) is 10.4. The maximum Gasteiger partial charge on any atom is 0.233 e. The first kappa shape index (κ1) is 23.1. The second kappa shape index (κ2) is 9.74. The normalized spacial score (nSPS) is 16.7. The third-order valence-electron chi connectivity index (χ3n) is 5.30. The van der Waals surface area contributed by atoms with Crippen LogP contribution in [0.15, 0.2) is 47.2 Å². The number of benzene rings is 1. The highest BCUT2D eigenvalue weighted by molar-refractivity contribution is 7.90. The van der Waals surface area contributed by atoms with E-state index in [9.17, 15) is 18.0 Å². The molecule has 1 unspecified atom stereocenters. The van der Waals surface area contributed by atoms with E-state index in [4.69, 9.17) is 0 Å². The van der Waals surface area contributed by atoms with Gasteiger partial charge < -0.3 is 4.90 Å². The predicted molar refractivity (Wildman–Crippen MR) is 123 cm³/mol. The Balaban J connectivity index is 1.80. The van der Waals surface area contributed by atoms with Crippen molar-refractivity contribution in [3.05, 3.63) is 42.3 Å². The summed E-state index contributed by atoms with van der Waals surface area (Å²) >= 11 is 1.35. The van der Waals surface area contributed by atoms with Crippen LogP contribution in [0.4, 0.5) is 5.13 Å². The predicted octanol–water partition coefficient (Wildman–Crippen LogP) is 3.38. The van der Waals surface area contributed by atoms with Crippen LogP contribution in [0.3, 0.4) is 0 Å². The second-order valence-electron chi connectivity index (χ2n) is 7.58. The Bertz CT molecular complexity index is 1060. The van der Waals surface area contributed by atoms with Crippen molar-refractivity contribution in [2.45, 2.75) is 31.1 Å². The van der Waals surface area contributed by atoms with Crippen LogP contribution in [0.1, 0.15) is 26.2 Å². The summed E-state index contributed by atoms with van der Waals surface area (Å²) in [5, 5.41) is 2.41. The molecular weight excluding hydrogens is 434 g/mol. The van der Waals surface area contributed by atoms with Crippen molar-refractivity contribution in [1.82, 2.24) is 9.88 Å². The number of amides is 2. The lowest BCUT2D eigenvalue weighted by Crippen LogP contribution is -2.46. The van der Waals surface area contributed by atoms with E-state index < -0.39 is 9.84 Å². The third-order valence-corrected chi connectivity index (χ3v) is 7.30. The van der Waals surface area contributed by atoms with Crippen LogP contribution in [-0.4, -0.2) is 56.0 Å². The number of piperidine rings is 1. The number of aromatic nitrogens is 1. The molecule has 7 nitrogen and oxygen atoms in total. The van der Waals surface area contributed by atoms with Crippen LogP contribution >= 0.6 is 11.3 Å². The van der Waals surface area contributed by atoms with Gasteiger partial charge in [0.25, 0.3) is 0 Å². The fourth-order valence-electron chi connectivity index (χ4n) is 3.63. The summed E-state index contributed by atoms with van der Waals surface area (Å²) in [6, 6.07) is 6.53. The molecule has 1 fully saturated rings. The molecule has 0 bridgehead atoms. The summed E-state index contributed by atoms with van der Waals surface area (Å²) in [6.07, 6.45) is 4.82. The van der Waals surface area contributed by atoms with Gasteiger partial charge in [-0.05, 0) is 25.0 Å². The monoisotopic (exact) mass is 461 g/mol. The first-order valence-electron chi connectivity index (χ1n) is 10.2. The fourth-order valence-corrected chi connectivity index (χ4v) is 5.11. The molecule has 1 saturated heterocycles. The number of rotatable bonds is 7. The van der Waals surface area contributed by atoms with E-state index in [1.165, 1.54) is 17.6 Å². The Labute approximate surface area is 187 Å². The summed E-state index contributed by atoms with van der Waals surface area (Å²) in [6.45, 7) is 7.06. The lowest BCUT2D eigenvalue weighted by atomic mass is 9.96. The zero-order chi connectivity index (χ0) is 22.6. The number of sulfone groups is 1. The van der Waals surface area contributed by atoms with Gasteiger partial charge in [0.2, 0.25) is 11.8 Å². The Kier molecular flexibility index (Phi) is 7.27. The molecule has 9 heteroatoms. The van der Waals surface area contributed by atoms with E-state index in [-0.39, 0.29) is 22.6 Å². The van der Waals surface area contributed by atoms with Gasteiger partial charge in [0.15, 0.2) is 15.0 Å². The van der Waals surface area contributed by atoms with E-state index in [1.807, 2.05) is 12.3 Å². The lowest BCUT2D eigenvalue weighted by Gasteiger charge is -2.34. The van der Waals surface area contributed by atoms with Gasteiger partial charge in [-0.15, -0.1) is 17.9 Å². The molecule has 1 aromatic heterocycles. The summed E-state index contributed by atoms with van der Waals surface area (Å²) < 4.78 is 23.3. The summed E-state index contributed by atoms with van der Waals surface area (Å²) in [5.41, 5.74) is 1.45. The first-order valence-corrected chi connectivity index (χ1v) is 13.0. The average molecular weight is 462 g/mol. The highest BCUT2D eigenvalue weighted by atomic mass is 32.2. The minimum atomic E-state index is -3.26. The van der Waals surface area contributed by atoms with Crippen molar-refractivity contribution in [3.8, 4) is 11.3 Å². The van der Waals surface area contributed by atoms with Crippen LogP contribution < -0.4 is 4.90 Å². The smallest absolute Gasteiger partial charge is 0.233 e. The van der Waals surface area contributed by atoms with E-state index in [1.54, 1.807) is 40.1 Å². The summed E-state index contributed by atoms with van der Waals surface area (Å²) in [5.74, 6) is -0.241. The largest absolute Gasteiger partial charge is 0.342 e. The molecule has 3 rings (SSSR count). The number of nitrogens with zero attached hydrogens (tertiary/aromatic N) is 3. The van der Waals surface area contributed by atoms with Gasteiger partial charge in [-0.2, -0.15) is 0 Å². The fraction of sp³-hybridized carbons (Fsp3) is 0.409. The van der Waals surface area contributed by atoms with Crippen molar-refractivity contribution in [2.75, 3.05) is 30.8 Å². The number of carbonyl (C=O) groups excluding carboxylic acids is 2. The van der Waals surface area contributed by atoms with E-state index in [2.05, 4.69) is 11.6 Å². The zero-order valence-corrected chi connectivity index (χ0v) is 19.4. The van der Waals surface area contributed by atoms with E-state index >= 15 is 0 Å². The number of carbonyl (C=O) groups is 2. The molecule has 2 aromatic rings. The van der Waals surface area contributed by atoms with Crippen LogP contribution in [0.25, 0.3) is 11.3 Å². The topological polar surface area (TPSA) is 87.7 Å². The maximum absolute atomic E-state index is 13.3. The van der Waals surface area contributed by atoms with Crippen LogP contribution in [-0.2, 0) is 19.4 Å². The molecule has 0 N–H and O–H groups in total. The van der Waals surface area contributed by atoms with Crippen LogP contribution in [0.2, 0.25) is 0 Å². The van der Waals surface area contributed by atoms with Crippen molar-refractivity contribution >= 4 is 38.1 Å². The standard InChI is InChI=1S/C22H27N3O4S2/c1-4-12-25(21(27)17-7-6-13-24(14-17)20(26)5-2)22-23-19(15-30-22)16-8-10-18(11-9-16)31(3,28)29/h4,8-11,15,17H,1,5-7,12-14H2,2-3H3. The molecule has 1 atom stereocenters. The molecule has 0 radical (unpaired) electrons. The van der Waals surface area contributed by atoms with Gasteiger partial charge in [-0.1, -0.05) is 25.1 Å². The Morgan fingerprint density at radius 2 is 2.03 bits per heavy atom. The number of hydrogen-bond donors (Lipinski definition) is 0. The van der Waals surface area contributed by atoms with Crippen molar-refractivity contribution in [3.63, 3.8) is 0 Å². The Hall–Kier alpha value is -2.52. The van der Waals surface area contributed by atoms with Gasteiger partial charge >= 0.3 is 0 Å². The molecular formula is C22H27N3O4S2. The average Bonchev–Trinajstić information content (AvgIpc) is 3.26. The number of likely N-dealkylation sites (tertiary alicyclic amines) is 1. The van der Waals surface area contributed by atoms with Crippen LogP contribution in [0.5, 0.6) is 0 Å². The molecule has 0 spiro atoms. The molecule has 31 heavy (non-hydrogen) atoms. The molecule has 2 heterocycles. The van der Waals surface area contributed by atoms with Crippen molar-refractivity contribution in [1.29, 1.82) is 0 Å². The van der Waals surface area contributed by atoms with Crippen LogP contribution in [0, 0.1) is 5.92 Å². The quantitative estimate of drug-likeness (QED) is 0.590. The molecule has 0 saturated carbocycles. The minimum absolute atomic E-state index is 0.0539. The minimum Gasteiger partial charge on any atom is -0.342 e. The molecule has 166 valence electrons. The third kappa shape index (κ3) is 5.40. The van der Waals surface area contributed by atoms with Gasteiger partial charge in [0.1, 0.15) is 0 Å². The Morgan fingerprint density at radius 3 is 2.65 bits per heavy atom. The number of thiazole rings is 1. The zero-order valence-electron chi connectivity index (χ0n) is 17.8. The molecule has 1 aliphatic heterocycles. The summed E-state index contributed by atoms with van der Waals surface area (Å²) in [4.78, 5) is 33.6. The molecule has 1 aromatic carbocycles. The SMILES string of the molecule is C=CCN(C(=O)C1CCCN(C(=O)CC)C1)c1nc(-c2ccc(S(C)(=O)=O)cc2)cs1. The first-order chi connectivity index (χ1) is 14.7. The van der Waals surface area contributed by atoms with E-state index in [0.29, 0.717) is 36.9 Å². The van der Waals surface area contributed by atoms with Gasteiger partial charge in [0.05, 0.1) is 16.5 Å². The van der Waals surface area contributed by atoms with Crippen molar-refractivity contribution < 1.29 is 18.0 Å². The number of hydrogen-bond acceptors (Lipinski definition) is 6. The lowest BCUT2D eigenvalue weighted by molar-refractivity contribution is -0.134. The highest BCUT2D eigenvalue weighted by Crippen LogP contribution is 2.30. The van der Waals surface area contributed by atoms with E-state index in [0.717, 1.165) is 18.4 Å². The molecule has 2 amide bonds. The Morgan fingerprint density at radius 1 is 1.32 bits per heavy atom. The summed E-state index contributed by atoms with van der Waals surface area (Å²) in [7, 11) is -3.26.